The number of imidazole rings is 1. The van der Waals surface area contributed by atoms with E-state index in [4.69, 9.17) is 0 Å². The van der Waals surface area contributed by atoms with Crippen LogP contribution >= 0.6 is 0 Å². The Morgan fingerprint density at radius 1 is 1.53 bits per heavy atom. The van der Waals surface area contributed by atoms with E-state index in [1.165, 1.54) is 0 Å². The summed E-state index contributed by atoms with van der Waals surface area (Å²) < 4.78 is 2.01. The maximum Gasteiger partial charge on any atom is 0.0946 e. The Bertz CT molecular complexity index is 267. The fourth-order valence-corrected chi connectivity index (χ4v) is 1.17. The normalized spacial score (nSPS) is 15.5. The summed E-state index contributed by atoms with van der Waals surface area (Å²) in [4.78, 5) is 3.96. The van der Waals surface area contributed by atoms with Crippen molar-refractivity contribution in [3.8, 4) is 0 Å². The quantitative estimate of drug-likeness (QED) is 0.687. The van der Waals surface area contributed by atoms with E-state index in [2.05, 4.69) is 10.3 Å². The smallest absolute Gasteiger partial charge is 0.0946 e. The van der Waals surface area contributed by atoms with Gasteiger partial charge in [-0.2, -0.15) is 0 Å². The van der Waals surface area contributed by atoms with Gasteiger partial charge >= 0.3 is 0 Å². The van der Waals surface area contributed by atoms with Crippen LogP contribution in [0.4, 0.5) is 0 Å². The Hall–Kier alpha value is -0.870. The van der Waals surface area contributed by atoms with Crippen molar-refractivity contribution in [1.82, 2.24) is 14.9 Å². The summed E-state index contributed by atoms with van der Waals surface area (Å²) in [6.07, 6.45) is 5.49. The molecule has 0 fully saturated rings. The first-order chi connectivity index (χ1) is 7.02. The standard InChI is InChI=1S/C11H21N3O/c1-10(2)11(3,15)8-12-4-6-14-7-5-13-9-14/h5,7,9-10,12,15H,4,6,8H2,1-3H3. The lowest BCUT2D eigenvalue weighted by Crippen LogP contribution is -2.43. The van der Waals surface area contributed by atoms with Crippen molar-refractivity contribution in [2.24, 2.45) is 5.92 Å². The predicted molar refractivity (Wildman–Crippen MR) is 60.6 cm³/mol. The zero-order valence-corrected chi connectivity index (χ0v) is 9.77. The SMILES string of the molecule is CC(C)C(C)(O)CNCCn1ccnc1. The number of nitrogens with zero attached hydrogens (tertiary/aromatic N) is 2. The number of aromatic nitrogens is 2. The molecule has 1 atom stereocenters. The summed E-state index contributed by atoms with van der Waals surface area (Å²) in [6.45, 7) is 8.27. The van der Waals surface area contributed by atoms with Crippen LogP contribution in [0.25, 0.3) is 0 Å². The fourth-order valence-electron chi connectivity index (χ4n) is 1.17. The van der Waals surface area contributed by atoms with Gasteiger partial charge in [-0.1, -0.05) is 13.8 Å². The van der Waals surface area contributed by atoms with Gasteiger partial charge in [0.25, 0.3) is 0 Å². The topological polar surface area (TPSA) is 50.1 Å². The first-order valence-electron chi connectivity index (χ1n) is 5.41. The fraction of sp³-hybridized carbons (Fsp3) is 0.727. The highest BCUT2D eigenvalue weighted by molar-refractivity contribution is 4.79. The molecule has 4 heteroatoms. The molecule has 0 radical (unpaired) electrons. The minimum atomic E-state index is -0.630. The molecule has 0 aromatic carbocycles. The van der Waals surface area contributed by atoms with E-state index >= 15 is 0 Å². The highest BCUT2D eigenvalue weighted by atomic mass is 16.3. The summed E-state index contributed by atoms with van der Waals surface area (Å²) in [5.41, 5.74) is -0.630. The highest BCUT2D eigenvalue weighted by Crippen LogP contribution is 2.14. The average Bonchev–Trinajstić information content (AvgIpc) is 2.64. The largest absolute Gasteiger partial charge is 0.389 e. The van der Waals surface area contributed by atoms with Gasteiger partial charge in [-0.15, -0.1) is 0 Å². The Morgan fingerprint density at radius 2 is 2.27 bits per heavy atom. The molecule has 0 saturated heterocycles. The van der Waals surface area contributed by atoms with Crippen molar-refractivity contribution in [3.05, 3.63) is 18.7 Å². The monoisotopic (exact) mass is 211 g/mol. The van der Waals surface area contributed by atoms with Crippen LogP contribution in [0.5, 0.6) is 0 Å². The Morgan fingerprint density at radius 3 is 2.80 bits per heavy atom. The molecule has 1 aromatic heterocycles. The number of nitrogens with one attached hydrogen (secondary N) is 1. The van der Waals surface area contributed by atoms with E-state index in [0.717, 1.165) is 13.1 Å². The minimum Gasteiger partial charge on any atom is -0.389 e. The van der Waals surface area contributed by atoms with Gasteiger partial charge < -0.3 is 15.0 Å². The second-order valence-corrected chi connectivity index (χ2v) is 4.49. The predicted octanol–water partition coefficient (Wildman–Crippen LogP) is 0.880. The van der Waals surface area contributed by atoms with Crippen LogP contribution in [-0.2, 0) is 6.54 Å². The molecular weight excluding hydrogens is 190 g/mol. The third kappa shape index (κ3) is 4.01. The van der Waals surface area contributed by atoms with Gasteiger partial charge in [0.1, 0.15) is 0 Å². The molecule has 4 nitrogen and oxygen atoms in total. The molecule has 15 heavy (non-hydrogen) atoms. The molecule has 0 amide bonds. The highest BCUT2D eigenvalue weighted by Gasteiger charge is 2.23. The molecular formula is C11H21N3O. The third-order valence-electron chi connectivity index (χ3n) is 2.83. The van der Waals surface area contributed by atoms with Crippen molar-refractivity contribution >= 4 is 0 Å². The Labute approximate surface area is 91.3 Å². The molecule has 2 N–H and O–H groups in total. The molecule has 0 aliphatic carbocycles. The molecule has 1 rings (SSSR count). The van der Waals surface area contributed by atoms with Gasteiger partial charge in [0.2, 0.25) is 0 Å². The van der Waals surface area contributed by atoms with E-state index in [1.807, 2.05) is 31.5 Å². The van der Waals surface area contributed by atoms with Crippen LogP contribution < -0.4 is 5.32 Å². The maximum atomic E-state index is 9.97. The summed E-state index contributed by atoms with van der Waals surface area (Å²) in [5.74, 6) is 0.262. The first-order valence-corrected chi connectivity index (χ1v) is 5.41. The molecule has 1 heterocycles. The second-order valence-electron chi connectivity index (χ2n) is 4.49. The van der Waals surface area contributed by atoms with Crippen molar-refractivity contribution in [2.45, 2.75) is 32.9 Å². The summed E-state index contributed by atoms with van der Waals surface area (Å²) in [5, 5.41) is 13.2. The zero-order valence-electron chi connectivity index (χ0n) is 9.77. The van der Waals surface area contributed by atoms with Gasteiger partial charge in [-0.25, -0.2) is 4.98 Å². The number of rotatable bonds is 6. The minimum absolute atomic E-state index is 0.262. The lowest BCUT2D eigenvalue weighted by molar-refractivity contribution is 0.0143. The molecule has 0 aliphatic rings. The maximum absolute atomic E-state index is 9.97. The van der Waals surface area contributed by atoms with Crippen molar-refractivity contribution < 1.29 is 5.11 Å². The van der Waals surface area contributed by atoms with Gasteiger partial charge in [0.05, 0.1) is 11.9 Å². The molecule has 1 aromatic rings. The zero-order chi connectivity index (χ0) is 11.3. The van der Waals surface area contributed by atoms with Gasteiger partial charge in [0.15, 0.2) is 0 Å². The first kappa shape index (κ1) is 12.2. The van der Waals surface area contributed by atoms with Crippen LogP contribution in [-0.4, -0.2) is 33.3 Å². The van der Waals surface area contributed by atoms with Crippen molar-refractivity contribution in [2.75, 3.05) is 13.1 Å². The Balaban J connectivity index is 2.17. The van der Waals surface area contributed by atoms with Crippen LogP contribution in [0.1, 0.15) is 20.8 Å². The Kier molecular flexibility index (Phi) is 4.29. The van der Waals surface area contributed by atoms with Crippen LogP contribution in [0.3, 0.4) is 0 Å². The van der Waals surface area contributed by atoms with Gasteiger partial charge in [-0.05, 0) is 12.8 Å². The molecule has 0 spiro atoms. The summed E-state index contributed by atoms with van der Waals surface area (Å²) >= 11 is 0. The number of hydrogen-bond donors (Lipinski definition) is 2. The van der Waals surface area contributed by atoms with Gasteiger partial charge in [0, 0.05) is 32.0 Å². The van der Waals surface area contributed by atoms with E-state index in [1.54, 1.807) is 12.5 Å². The van der Waals surface area contributed by atoms with E-state index in [0.29, 0.717) is 6.54 Å². The molecule has 86 valence electrons. The van der Waals surface area contributed by atoms with Crippen LogP contribution in [0.2, 0.25) is 0 Å². The number of aliphatic hydroxyl groups is 1. The van der Waals surface area contributed by atoms with Crippen LogP contribution in [0, 0.1) is 5.92 Å². The van der Waals surface area contributed by atoms with Crippen LogP contribution in [0.15, 0.2) is 18.7 Å². The van der Waals surface area contributed by atoms with Gasteiger partial charge in [-0.3, -0.25) is 0 Å². The molecule has 0 aliphatic heterocycles. The summed E-state index contributed by atoms with van der Waals surface area (Å²) in [6, 6.07) is 0. The van der Waals surface area contributed by atoms with Crippen molar-refractivity contribution in [3.63, 3.8) is 0 Å². The lowest BCUT2D eigenvalue weighted by Gasteiger charge is -2.27. The summed E-state index contributed by atoms with van der Waals surface area (Å²) in [7, 11) is 0. The van der Waals surface area contributed by atoms with E-state index in [-0.39, 0.29) is 5.92 Å². The van der Waals surface area contributed by atoms with E-state index in [9.17, 15) is 5.11 Å². The molecule has 0 bridgehead atoms. The molecule has 1 unspecified atom stereocenters. The average molecular weight is 211 g/mol. The van der Waals surface area contributed by atoms with E-state index < -0.39 is 5.60 Å². The third-order valence-corrected chi connectivity index (χ3v) is 2.83. The molecule has 0 saturated carbocycles. The second kappa shape index (κ2) is 5.28. The van der Waals surface area contributed by atoms with Crippen molar-refractivity contribution in [1.29, 1.82) is 0 Å². The number of hydrogen-bond acceptors (Lipinski definition) is 3. The lowest BCUT2D eigenvalue weighted by atomic mass is 9.93.